The number of hydrogen-bond acceptors (Lipinski definition) is 4. The van der Waals surface area contributed by atoms with Gasteiger partial charge in [0.15, 0.2) is 5.82 Å². The summed E-state index contributed by atoms with van der Waals surface area (Å²) < 4.78 is 0. The number of aromatic amines is 1. The number of H-pyrrole nitrogens is 1. The Labute approximate surface area is 104 Å². The second-order valence-electron chi connectivity index (χ2n) is 4.05. The van der Waals surface area contributed by atoms with Crippen molar-refractivity contribution in [3.8, 4) is 11.3 Å². The van der Waals surface area contributed by atoms with Crippen molar-refractivity contribution in [1.29, 1.82) is 0 Å². The molecule has 1 aromatic carbocycles. The van der Waals surface area contributed by atoms with Crippen molar-refractivity contribution in [1.82, 2.24) is 20.2 Å². The van der Waals surface area contributed by atoms with Gasteiger partial charge in [0.25, 0.3) is 0 Å². The zero-order chi connectivity index (χ0) is 12.5. The van der Waals surface area contributed by atoms with E-state index in [9.17, 15) is 0 Å². The van der Waals surface area contributed by atoms with Gasteiger partial charge in [0.05, 0.1) is 0 Å². The Bertz CT molecular complexity index is 701. The minimum atomic E-state index is 0.656. The van der Waals surface area contributed by atoms with Crippen LogP contribution in [-0.2, 0) is 0 Å². The highest BCUT2D eigenvalue weighted by molar-refractivity contribution is 5.96. The Morgan fingerprint density at radius 2 is 2.00 bits per heavy atom. The average Bonchev–Trinajstić information content (AvgIpc) is 2.82. The number of nitrogens with zero attached hydrogens (tertiary/aromatic N) is 3. The van der Waals surface area contributed by atoms with Gasteiger partial charge in [-0.25, -0.2) is 4.98 Å². The molecular formula is C13H13N5. The molecule has 0 radical (unpaired) electrons. The Morgan fingerprint density at radius 3 is 2.83 bits per heavy atom. The first-order valence-electron chi connectivity index (χ1n) is 5.75. The van der Waals surface area contributed by atoms with Crippen LogP contribution in [0.3, 0.4) is 0 Å². The maximum absolute atomic E-state index is 4.36. The molecule has 0 aliphatic carbocycles. The fraction of sp³-hybridized carbons (Fsp3) is 0.154. The molecule has 0 saturated carbocycles. The number of fused-ring (bicyclic) bond motifs is 1. The van der Waals surface area contributed by atoms with Crippen molar-refractivity contribution < 1.29 is 0 Å². The summed E-state index contributed by atoms with van der Waals surface area (Å²) in [7, 11) is 1.84. The van der Waals surface area contributed by atoms with Crippen molar-refractivity contribution in [3.63, 3.8) is 0 Å². The van der Waals surface area contributed by atoms with E-state index in [1.807, 2.05) is 38.4 Å². The summed E-state index contributed by atoms with van der Waals surface area (Å²) in [5.74, 6) is 1.40. The fourth-order valence-electron chi connectivity index (χ4n) is 2.03. The van der Waals surface area contributed by atoms with E-state index in [0.717, 1.165) is 28.0 Å². The zero-order valence-corrected chi connectivity index (χ0v) is 10.2. The molecule has 0 aliphatic rings. The highest BCUT2D eigenvalue weighted by atomic mass is 15.2. The molecular weight excluding hydrogens is 226 g/mol. The molecule has 0 atom stereocenters. The fourth-order valence-corrected chi connectivity index (χ4v) is 2.03. The monoisotopic (exact) mass is 239 g/mol. The third kappa shape index (κ3) is 1.60. The zero-order valence-electron chi connectivity index (χ0n) is 10.2. The minimum Gasteiger partial charge on any atom is -0.371 e. The Morgan fingerprint density at radius 1 is 1.17 bits per heavy atom. The van der Waals surface area contributed by atoms with Gasteiger partial charge in [-0.05, 0) is 13.0 Å². The predicted octanol–water partition coefficient (Wildman–Crippen LogP) is 2.37. The molecule has 0 fully saturated rings. The maximum atomic E-state index is 4.36. The van der Waals surface area contributed by atoms with Gasteiger partial charge in [-0.15, -0.1) is 10.2 Å². The molecule has 0 unspecified atom stereocenters. The number of benzene rings is 1. The summed E-state index contributed by atoms with van der Waals surface area (Å²) in [6.07, 6.45) is 1.94. The molecule has 18 heavy (non-hydrogen) atoms. The quantitative estimate of drug-likeness (QED) is 0.720. The normalized spacial score (nSPS) is 10.8. The minimum absolute atomic E-state index is 0.656. The van der Waals surface area contributed by atoms with Crippen molar-refractivity contribution in [2.45, 2.75) is 6.92 Å². The van der Waals surface area contributed by atoms with E-state index in [-0.39, 0.29) is 0 Å². The van der Waals surface area contributed by atoms with Crippen molar-refractivity contribution in [2.75, 3.05) is 12.4 Å². The molecule has 2 aromatic heterocycles. The van der Waals surface area contributed by atoms with Gasteiger partial charge in [0.1, 0.15) is 11.5 Å². The summed E-state index contributed by atoms with van der Waals surface area (Å²) in [6.45, 7) is 1.83. The van der Waals surface area contributed by atoms with Crippen LogP contribution in [0.5, 0.6) is 0 Å². The lowest BCUT2D eigenvalue weighted by molar-refractivity contribution is 0.917. The van der Waals surface area contributed by atoms with Crippen LogP contribution in [0.25, 0.3) is 22.2 Å². The highest BCUT2D eigenvalue weighted by Crippen LogP contribution is 2.30. The molecule has 2 N–H and O–H groups in total. The Kier molecular flexibility index (Phi) is 2.44. The lowest BCUT2D eigenvalue weighted by atomic mass is 10.1. The number of nitrogens with one attached hydrogen (secondary N) is 2. The van der Waals surface area contributed by atoms with Gasteiger partial charge < -0.3 is 10.3 Å². The first-order valence-corrected chi connectivity index (χ1v) is 5.75. The number of aromatic nitrogens is 4. The van der Waals surface area contributed by atoms with Gasteiger partial charge in [0.2, 0.25) is 0 Å². The van der Waals surface area contributed by atoms with Gasteiger partial charge in [-0.1, -0.05) is 18.2 Å². The van der Waals surface area contributed by atoms with Gasteiger partial charge in [-0.2, -0.15) is 0 Å². The van der Waals surface area contributed by atoms with Crippen LogP contribution in [-0.4, -0.2) is 27.2 Å². The van der Waals surface area contributed by atoms with Crippen molar-refractivity contribution in [3.05, 3.63) is 36.3 Å². The lowest BCUT2D eigenvalue weighted by Gasteiger charge is -2.05. The van der Waals surface area contributed by atoms with Crippen LogP contribution >= 0.6 is 0 Å². The SMILES string of the molecule is CNc1nc(C)nnc1-c1c[nH]c2ccccc12. The van der Waals surface area contributed by atoms with Gasteiger partial charge in [-0.3, -0.25) is 0 Å². The first-order chi connectivity index (χ1) is 8.79. The Hall–Kier alpha value is -2.43. The summed E-state index contributed by atoms with van der Waals surface area (Å²) in [4.78, 5) is 7.59. The largest absolute Gasteiger partial charge is 0.371 e. The summed E-state index contributed by atoms with van der Waals surface area (Å²) in [6, 6.07) is 8.10. The van der Waals surface area contributed by atoms with Crippen LogP contribution < -0.4 is 5.32 Å². The first kappa shape index (κ1) is 10.7. The number of hydrogen-bond donors (Lipinski definition) is 2. The molecule has 3 rings (SSSR count). The molecule has 5 nitrogen and oxygen atoms in total. The number of anilines is 1. The van der Waals surface area contributed by atoms with Gasteiger partial charge in [0, 0.05) is 29.7 Å². The van der Waals surface area contributed by atoms with Gasteiger partial charge >= 0.3 is 0 Å². The molecule has 0 saturated heterocycles. The predicted molar refractivity (Wildman–Crippen MR) is 71.4 cm³/mol. The summed E-state index contributed by atoms with van der Waals surface area (Å²) in [5.41, 5.74) is 2.85. The molecule has 2 heterocycles. The van der Waals surface area contributed by atoms with Crippen LogP contribution in [0.15, 0.2) is 30.5 Å². The second-order valence-corrected chi connectivity index (χ2v) is 4.05. The third-order valence-electron chi connectivity index (χ3n) is 2.87. The number of aryl methyl sites for hydroxylation is 1. The molecule has 0 amide bonds. The van der Waals surface area contributed by atoms with E-state index >= 15 is 0 Å². The van der Waals surface area contributed by atoms with E-state index in [1.54, 1.807) is 0 Å². The van der Waals surface area contributed by atoms with Crippen LogP contribution in [0.4, 0.5) is 5.82 Å². The van der Waals surface area contributed by atoms with E-state index in [0.29, 0.717) is 5.82 Å². The molecule has 90 valence electrons. The van der Waals surface area contributed by atoms with Crippen LogP contribution in [0, 0.1) is 6.92 Å². The Balaban J connectivity index is 2.26. The van der Waals surface area contributed by atoms with E-state index in [4.69, 9.17) is 0 Å². The van der Waals surface area contributed by atoms with Crippen LogP contribution in [0.2, 0.25) is 0 Å². The molecule has 0 spiro atoms. The molecule has 3 aromatic rings. The topological polar surface area (TPSA) is 66.5 Å². The summed E-state index contributed by atoms with van der Waals surface area (Å²) >= 11 is 0. The number of para-hydroxylation sites is 1. The molecule has 0 bridgehead atoms. The van der Waals surface area contributed by atoms with Crippen molar-refractivity contribution >= 4 is 16.7 Å². The second kappa shape index (κ2) is 4.10. The lowest BCUT2D eigenvalue weighted by Crippen LogP contribution is -2.02. The van der Waals surface area contributed by atoms with E-state index in [2.05, 4.69) is 31.5 Å². The van der Waals surface area contributed by atoms with Crippen LogP contribution in [0.1, 0.15) is 5.82 Å². The molecule has 0 aliphatic heterocycles. The van der Waals surface area contributed by atoms with E-state index in [1.165, 1.54) is 0 Å². The number of rotatable bonds is 2. The highest BCUT2D eigenvalue weighted by Gasteiger charge is 2.13. The van der Waals surface area contributed by atoms with Crippen molar-refractivity contribution in [2.24, 2.45) is 0 Å². The smallest absolute Gasteiger partial charge is 0.156 e. The average molecular weight is 239 g/mol. The molecule has 5 heteroatoms. The van der Waals surface area contributed by atoms with E-state index < -0.39 is 0 Å². The maximum Gasteiger partial charge on any atom is 0.156 e. The third-order valence-corrected chi connectivity index (χ3v) is 2.87. The standard InChI is InChI=1S/C13H13N5/c1-8-16-13(14-2)12(18-17-8)10-7-15-11-6-4-3-5-9(10)11/h3-7,15H,1-2H3,(H,14,16,17). The summed E-state index contributed by atoms with van der Waals surface area (Å²) in [5, 5.41) is 12.5.